The number of carbonyl (C=O) groups is 4. The van der Waals surface area contributed by atoms with Crippen LogP contribution in [0.15, 0.2) is 85.1 Å². The van der Waals surface area contributed by atoms with E-state index < -0.39 is 43.2 Å². The number of hydrogen-bond donors (Lipinski definition) is 4. The average molecular weight is 657 g/mol. The van der Waals surface area contributed by atoms with E-state index in [4.69, 9.17) is 9.47 Å². The van der Waals surface area contributed by atoms with Gasteiger partial charge in [0, 0.05) is 25.1 Å². The molecule has 0 rings (SSSR count). The maximum absolute atomic E-state index is 12.6. The molecule has 1 atom stereocenters. The summed E-state index contributed by atoms with van der Waals surface area (Å²) in [7, 11) is 0. The molecule has 0 aromatic rings. The summed E-state index contributed by atoms with van der Waals surface area (Å²) in [5.74, 6) is -2.13. The average Bonchev–Trinajstić information content (AvgIpc) is 3.06. The number of ether oxygens (including phenoxy) is 2. The molecule has 0 aliphatic heterocycles. The lowest BCUT2D eigenvalue weighted by molar-refractivity contribution is -0.157. The number of rotatable bonds is 27. The van der Waals surface area contributed by atoms with Crippen LogP contribution in [0.4, 0.5) is 0 Å². The Morgan fingerprint density at radius 2 is 1.23 bits per heavy atom. The maximum Gasteiger partial charge on any atom is 0.330 e. The van der Waals surface area contributed by atoms with Crippen molar-refractivity contribution in [1.82, 2.24) is 10.6 Å². The lowest BCUT2D eigenvalue weighted by Crippen LogP contribution is -2.44. The van der Waals surface area contributed by atoms with Gasteiger partial charge in [0.25, 0.3) is 0 Å². The van der Waals surface area contributed by atoms with Gasteiger partial charge in [-0.1, -0.05) is 79.8 Å². The quantitative estimate of drug-likeness (QED) is 0.0405. The Kier molecular flexibility index (Phi) is 29.2. The predicted molar refractivity (Wildman–Crippen MR) is 186 cm³/mol. The summed E-state index contributed by atoms with van der Waals surface area (Å²) in [4.78, 5) is 48.2. The van der Waals surface area contributed by atoms with Crippen molar-refractivity contribution in [3.63, 3.8) is 0 Å². The summed E-state index contributed by atoms with van der Waals surface area (Å²) in [6.45, 7) is 3.21. The number of hydrogen-bond acceptors (Lipinski definition) is 8. The minimum atomic E-state index is -1.08. The van der Waals surface area contributed by atoms with Crippen LogP contribution in [-0.4, -0.2) is 72.5 Å². The highest BCUT2D eigenvalue weighted by atomic mass is 16.6. The first-order valence-electron chi connectivity index (χ1n) is 16.6. The third kappa shape index (κ3) is 28.0. The molecule has 0 saturated carbocycles. The lowest BCUT2D eigenvalue weighted by Gasteiger charge is -2.20. The van der Waals surface area contributed by atoms with Crippen LogP contribution in [0.3, 0.4) is 0 Å². The maximum atomic E-state index is 12.6. The number of carbonyl (C=O) groups excluding carboxylic acids is 4. The van der Waals surface area contributed by atoms with Gasteiger partial charge in [0.2, 0.25) is 11.8 Å². The molecule has 4 N–H and O–H groups in total. The highest BCUT2D eigenvalue weighted by molar-refractivity contribution is 5.94. The number of unbranched alkanes of at least 4 members (excludes halogenated alkanes) is 1. The standard InChI is InChI=1S/C37H56N2O8/c1-3-5-6-7-8-9-10-11-12-13-14-15-16-17-18-19-20-21-22-26-35(43)39-33(37(45)47-32(30-40)31-41)25-23-24-29-38-34(42)27-28-36(44)46-4-2/h5-6,8-9,11-12,14-15,17-18,20-21,27-28,32-33,40-41H,3-4,7,10,13,16,19,22-26,29-31H2,1-2H3,(H,38,42)(H,39,43)/b6-5-,9-8-,12-11-,15-14-,18-17-,21-20-,28-27+. The van der Waals surface area contributed by atoms with Crippen LogP contribution in [0, 0.1) is 0 Å². The van der Waals surface area contributed by atoms with E-state index in [-0.39, 0.29) is 25.4 Å². The molecule has 0 heterocycles. The van der Waals surface area contributed by atoms with Crippen molar-refractivity contribution in [2.75, 3.05) is 26.4 Å². The summed E-state index contributed by atoms with van der Waals surface area (Å²) >= 11 is 0. The number of amides is 2. The first kappa shape index (κ1) is 43.0. The molecule has 0 aromatic carbocycles. The minimum Gasteiger partial charge on any atom is -0.463 e. The third-order valence-corrected chi connectivity index (χ3v) is 6.32. The van der Waals surface area contributed by atoms with E-state index in [9.17, 15) is 29.4 Å². The molecule has 0 bridgehead atoms. The fraction of sp³-hybridized carbons (Fsp3) is 0.514. The Labute approximate surface area is 281 Å². The van der Waals surface area contributed by atoms with E-state index in [1.165, 1.54) is 0 Å². The van der Waals surface area contributed by atoms with Crippen molar-refractivity contribution >= 4 is 23.8 Å². The summed E-state index contributed by atoms with van der Waals surface area (Å²) in [6.07, 6.45) is 33.9. The zero-order valence-electron chi connectivity index (χ0n) is 28.2. The fourth-order valence-electron chi connectivity index (χ4n) is 3.83. The Bertz CT molecular complexity index is 1070. The van der Waals surface area contributed by atoms with Gasteiger partial charge in [-0.15, -0.1) is 0 Å². The van der Waals surface area contributed by atoms with E-state index >= 15 is 0 Å². The van der Waals surface area contributed by atoms with Crippen LogP contribution in [0.2, 0.25) is 0 Å². The SMILES string of the molecule is CC/C=C\C/C=C\C/C=C\C/C=C\C/C=C\C/C=C\CCC(=O)NC(CCCCNC(=O)/C=C/C(=O)OCC)C(=O)OC(CO)CO. The van der Waals surface area contributed by atoms with Gasteiger partial charge < -0.3 is 30.3 Å². The first-order chi connectivity index (χ1) is 22.9. The fourth-order valence-corrected chi connectivity index (χ4v) is 3.83. The molecule has 0 fully saturated rings. The number of aliphatic hydroxyl groups is 2. The summed E-state index contributed by atoms with van der Waals surface area (Å²) in [5.41, 5.74) is 0. The second-order valence-electron chi connectivity index (χ2n) is 10.4. The van der Waals surface area contributed by atoms with E-state index in [1.54, 1.807) is 6.92 Å². The molecule has 0 radical (unpaired) electrons. The molecule has 2 amide bonds. The molecule has 0 spiro atoms. The zero-order valence-corrected chi connectivity index (χ0v) is 28.2. The Morgan fingerprint density at radius 1 is 0.702 bits per heavy atom. The van der Waals surface area contributed by atoms with E-state index in [0.717, 1.165) is 50.7 Å². The molecule has 1 unspecified atom stereocenters. The molecule has 0 saturated heterocycles. The van der Waals surface area contributed by atoms with E-state index in [0.29, 0.717) is 25.8 Å². The number of aliphatic hydroxyl groups excluding tert-OH is 2. The van der Waals surface area contributed by atoms with Gasteiger partial charge in [-0.3, -0.25) is 9.59 Å². The zero-order chi connectivity index (χ0) is 34.8. The molecule has 262 valence electrons. The molecule has 0 aromatic heterocycles. The van der Waals surface area contributed by atoms with Crippen LogP contribution >= 0.6 is 0 Å². The van der Waals surface area contributed by atoms with Crippen molar-refractivity contribution in [2.24, 2.45) is 0 Å². The van der Waals surface area contributed by atoms with Crippen LogP contribution in [-0.2, 0) is 28.7 Å². The van der Waals surface area contributed by atoms with Crippen LogP contribution in [0.25, 0.3) is 0 Å². The van der Waals surface area contributed by atoms with Gasteiger partial charge in [0.1, 0.15) is 12.1 Å². The van der Waals surface area contributed by atoms with Gasteiger partial charge in [-0.05, 0) is 71.1 Å². The largest absolute Gasteiger partial charge is 0.463 e. The Morgan fingerprint density at radius 3 is 1.74 bits per heavy atom. The van der Waals surface area contributed by atoms with Crippen molar-refractivity contribution in [2.45, 2.75) is 96.6 Å². The number of allylic oxidation sites excluding steroid dienone is 12. The van der Waals surface area contributed by atoms with Crippen molar-refractivity contribution in [3.05, 3.63) is 85.1 Å². The molecule has 0 aliphatic rings. The Balaban J connectivity index is 4.42. The third-order valence-electron chi connectivity index (χ3n) is 6.32. The van der Waals surface area contributed by atoms with Gasteiger partial charge in [-0.25, -0.2) is 9.59 Å². The minimum absolute atomic E-state index is 0.179. The molecule has 10 nitrogen and oxygen atoms in total. The summed E-state index contributed by atoms with van der Waals surface area (Å²) in [5, 5.41) is 23.8. The van der Waals surface area contributed by atoms with Crippen LogP contribution < -0.4 is 10.6 Å². The molecule has 47 heavy (non-hydrogen) atoms. The molecule has 0 aliphatic carbocycles. The van der Waals surface area contributed by atoms with Crippen molar-refractivity contribution in [3.8, 4) is 0 Å². The van der Waals surface area contributed by atoms with Gasteiger partial charge >= 0.3 is 11.9 Å². The second-order valence-corrected chi connectivity index (χ2v) is 10.4. The summed E-state index contributed by atoms with van der Waals surface area (Å²) < 4.78 is 9.83. The smallest absolute Gasteiger partial charge is 0.330 e. The van der Waals surface area contributed by atoms with Gasteiger partial charge in [-0.2, -0.15) is 0 Å². The molecular formula is C37H56N2O8. The van der Waals surface area contributed by atoms with E-state index in [1.807, 2.05) is 12.2 Å². The normalized spacial score (nSPS) is 13.0. The van der Waals surface area contributed by atoms with Crippen molar-refractivity contribution < 1.29 is 38.9 Å². The number of nitrogens with one attached hydrogen (secondary N) is 2. The Hall–Kier alpha value is -4.02. The highest BCUT2D eigenvalue weighted by Gasteiger charge is 2.24. The van der Waals surface area contributed by atoms with Crippen molar-refractivity contribution in [1.29, 1.82) is 0 Å². The monoisotopic (exact) mass is 656 g/mol. The lowest BCUT2D eigenvalue weighted by atomic mass is 10.1. The number of esters is 2. The van der Waals surface area contributed by atoms with Crippen LogP contribution in [0.5, 0.6) is 0 Å². The predicted octanol–water partition coefficient (Wildman–Crippen LogP) is 5.25. The van der Waals surface area contributed by atoms with Gasteiger partial charge in [0.15, 0.2) is 0 Å². The first-order valence-corrected chi connectivity index (χ1v) is 16.6. The summed E-state index contributed by atoms with van der Waals surface area (Å²) in [6, 6.07) is -0.965. The van der Waals surface area contributed by atoms with Gasteiger partial charge in [0.05, 0.1) is 19.8 Å². The molecule has 10 heteroatoms. The second kappa shape index (κ2) is 31.9. The van der Waals surface area contributed by atoms with Crippen LogP contribution in [0.1, 0.15) is 84.5 Å². The van der Waals surface area contributed by atoms with E-state index in [2.05, 4.69) is 78.3 Å². The topological polar surface area (TPSA) is 151 Å². The highest BCUT2D eigenvalue weighted by Crippen LogP contribution is 2.07. The molecular weight excluding hydrogens is 600 g/mol.